The lowest BCUT2D eigenvalue weighted by Gasteiger charge is -2.29. The van der Waals surface area contributed by atoms with E-state index in [1.807, 2.05) is 67.3 Å². The molecule has 1 unspecified atom stereocenters. The van der Waals surface area contributed by atoms with Crippen molar-refractivity contribution < 1.29 is 19.1 Å². The minimum atomic E-state index is -0.534. The third kappa shape index (κ3) is 6.73. The van der Waals surface area contributed by atoms with E-state index in [0.717, 1.165) is 43.7 Å². The van der Waals surface area contributed by atoms with E-state index in [-0.39, 0.29) is 18.4 Å². The van der Waals surface area contributed by atoms with Gasteiger partial charge in [0.15, 0.2) is 6.61 Å². The van der Waals surface area contributed by atoms with Crippen LogP contribution >= 0.6 is 11.8 Å². The van der Waals surface area contributed by atoms with Crippen molar-refractivity contribution in [2.24, 2.45) is 0 Å². The molecule has 1 aromatic heterocycles. The van der Waals surface area contributed by atoms with Crippen LogP contribution < -0.4 is 20.1 Å². The number of piperidine rings is 1. The second-order valence-electron chi connectivity index (χ2n) is 10.3. The zero-order valence-electron chi connectivity index (χ0n) is 24.4. The number of benzene rings is 2. The maximum atomic E-state index is 13.9. The van der Waals surface area contributed by atoms with E-state index in [1.54, 1.807) is 16.4 Å². The van der Waals surface area contributed by atoms with Gasteiger partial charge in [0.25, 0.3) is 11.8 Å². The summed E-state index contributed by atoms with van der Waals surface area (Å²) in [5.74, 6) is 2.40. The number of likely N-dealkylation sites (tertiary alicyclic amines) is 1. The number of allylic oxidation sites excluding steroid dienone is 1. The largest absolute Gasteiger partial charge is 0.492 e. The predicted octanol–water partition coefficient (Wildman–Crippen LogP) is 5.50. The number of rotatable bonds is 11. The molecular formula is C31H38N6O4S. The Labute approximate surface area is 250 Å². The van der Waals surface area contributed by atoms with Gasteiger partial charge in [0.1, 0.15) is 17.5 Å². The number of amides is 2. The van der Waals surface area contributed by atoms with E-state index in [9.17, 15) is 9.59 Å². The molecule has 2 N–H and O–H groups in total. The number of carbonyl (C=O) groups is 2. The summed E-state index contributed by atoms with van der Waals surface area (Å²) < 4.78 is 13.3. The number of aromatic nitrogens is 3. The maximum absolute atomic E-state index is 13.9. The number of para-hydroxylation sites is 2. The van der Waals surface area contributed by atoms with Crippen molar-refractivity contribution in [1.29, 1.82) is 0 Å². The fourth-order valence-corrected chi connectivity index (χ4v) is 5.84. The van der Waals surface area contributed by atoms with Crippen LogP contribution in [0.1, 0.15) is 58.1 Å². The Bertz CT molecular complexity index is 1430. The quantitative estimate of drug-likeness (QED) is 0.282. The van der Waals surface area contributed by atoms with Gasteiger partial charge in [-0.1, -0.05) is 43.0 Å². The number of nitrogens with zero attached hydrogens (tertiary/aromatic N) is 4. The molecule has 11 heteroatoms. The predicted molar refractivity (Wildman–Crippen MR) is 164 cm³/mol. The molecule has 0 spiro atoms. The molecular weight excluding hydrogens is 552 g/mol. The fourth-order valence-electron chi connectivity index (χ4n) is 5.16. The van der Waals surface area contributed by atoms with Crippen molar-refractivity contribution in [3.63, 3.8) is 0 Å². The number of hydrogen-bond donors (Lipinski definition) is 2. The van der Waals surface area contributed by atoms with Crippen molar-refractivity contribution in [3.8, 4) is 11.5 Å². The first kappa shape index (κ1) is 29.5. The van der Waals surface area contributed by atoms with Gasteiger partial charge in [-0.3, -0.25) is 9.59 Å². The van der Waals surface area contributed by atoms with Gasteiger partial charge in [0, 0.05) is 24.5 Å². The normalized spacial score (nSPS) is 16.5. The van der Waals surface area contributed by atoms with Crippen LogP contribution in [0.4, 0.5) is 11.6 Å². The Balaban J connectivity index is 1.41. The van der Waals surface area contributed by atoms with Gasteiger partial charge >= 0.3 is 0 Å². The summed E-state index contributed by atoms with van der Waals surface area (Å²) in [6.45, 7) is 7.96. The maximum Gasteiger partial charge on any atom is 0.260 e. The van der Waals surface area contributed by atoms with Crippen LogP contribution in [-0.4, -0.2) is 63.5 Å². The van der Waals surface area contributed by atoms with Crippen LogP contribution in [0.25, 0.3) is 0 Å². The van der Waals surface area contributed by atoms with Crippen LogP contribution in [0, 0.1) is 0 Å². The van der Waals surface area contributed by atoms with Crippen molar-refractivity contribution in [2.45, 2.75) is 57.7 Å². The Morgan fingerprint density at radius 1 is 1.05 bits per heavy atom. The average molecular weight is 591 g/mol. The molecule has 0 saturated carbocycles. The first-order valence-electron chi connectivity index (χ1n) is 14.6. The molecule has 0 aliphatic carbocycles. The molecule has 2 aliphatic rings. The Kier molecular flexibility index (Phi) is 9.68. The summed E-state index contributed by atoms with van der Waals surface area (Å²) in [4.78, 5) is 33.0. The molecule has 0 radical (unpaired) electrons. The van der Waals surface area contributed by atoms with Crippen LogP contribution in [0.3, 0.4) is 0 Å². The molecule has 1 atom stereocenters. The van der Waals surface area contributed by atoms with Crippen LogP contribution in [-0.2, 0) is 9.59 Å². The third-order valence-electron chi connectivity index (χ3n) is 7.22. The van der Waals surface area contributed by atoms with Crippen LogP contribution in [0.5, 0.6) is 11.5 Å². The summed E-state index contributed by atoms with van der Waals surface area (Å²) in [6, 6.07) is 14.3. The molecule has 1 fully saturated rings. The van der Waals surface area contributed by atoms with E-state index in [0.29, 0.717) is 46.2 Å². The zero-order chi connectivity index (χ0) is 29.5. The lowest BCUT2D eigenvalue weighted by Crippen LogP contribution is -2.38. The summed E-state index contributed by atoms with van der Waals surface area (Å²) >= 11 is 1.58. The second-order valence-corrected chi connectivity index (χ2v) is 11.3. The molecule has 2 aliphatic heterocycles. The van der Waals surface area contributed by atoms with Crippen LogP contribution in [0.15, 0.2) is 65.0 Å². The fraction of sp³-hybridized carbons (Fsp3) is 0.419. The first-order valence-corrected chi connectivity index (χ1v) is 15.6. The molecule has 5 rings (SSSR count). The Morgan fingerprint density at radius 2 is 1.81 bits per heavy atom. The van der Waals surface area contributed by atoms with Gasteiger partial charge in [-0.15, -0.1) is 5.10 Å². The zero-order valence-corrected chi connectivity index (χ0v) is 25.2. The minimum Gasteiger partial charge on any atom is -0.492 e. The molecule has 1 saturated heterocycles. The van der Waals surface area contributed by atoms with Crippen molar-refractivity contribution in [2.75, 3.05) is 42.7 Å². The van der Waals surface area contributed by atoms with Gasteiger partial charge in [0.05, 0.1) is 17.9 Å². The number of anilines is 2. The van der Waals surface area contributed by atoms with Gasteiger partial charge < -0.3 is 25.0 Å². The highest BCUT2D eigenvalue weighted by Gasteiger charge is 2.34. The van der Waals surface area contributed by atoms with E-state index in [2.05, 4.69) is 17.6 Å². The summed E-state index contributed by atoms with van der Waals surface area (Å²) in [7, 11) is 0. The Morgan fingerprint density at radius 3 is 2.55 bits per heavy atom. The number of fused-ring (bicyclic) bond motifs is 1. The molecule has 10 nitrogen and oxygen atoms in total. The topological polar surface area (TPSA) is 111 Å². The third-order valence-corrected chi connectivity index (χ3v) is 8.26. The lowest BCUT2D eigenvalue weighted by molar-refractivity contribution is -0.134. The lowest BCUT2D eigenvalue weighted by atomic mass is 9.95. The van der Waals surface area contributed by atoms with Gasteiger partial charge in [-0.2, -0.15) is 4.98 Å². The van der Waals surface area contributed by atoms with Gasteiger partial charge in [0.2, 0.25) is 11.1 Å². The van der Waals surface area contributed by atoms with E-state index < -0.39 is 6.04 Å². The molecule has 0 bridgehead atoms. The summed E-state index contributed by atoms with van der Waals surface area (Å²) in [6.07, 6.45) is 4.25. The number of nitrogens with one attached hydrogen (secondary N) is 2. The van der Waals surface area contributed by atoms with E-state index in [1.165, 1.54) is 6.42 Å². The summed E-state index contributed by atoms with van der Waals surface area (Å²) in [5.41, 5.74) is 2.63. The summed E-state index contributed by atoms with van der Waals surface area (Å²) in [5, 5.41) is 11.8. The smallest absolute Gasteiger partial charge is 0.260 e. The molecule has 222 valence electrons. The number of hydrogen-bond acceptors (Lipinski definition) is 8. The van der Waals surface area contributed by atoms with E-state index in [4.69, 9.17) is 19.6 Å². The second kappa shape index (κ2) is 13.8. The Hall–Kier alpha value is -3.99. The average Bonchev–Trinajstić information content (AvgIpc) is 3.42. The molecule has 3 heterocycles. The van der Waals surface area contributed by atoms with Crippen LogP contribution in [0.2, 0.25) is 0 Å². The molecule has 42 heavy (non-hydrogen) atoms. The number of ether oxygens (including phenoxy) is 2. The minimum absolute atomic E-state index is 0.00381. The van der Waals surface area contributed by atoms with Gasteiger partial charge in [-0.25, -0.2) is 4.68 Å². The van der Waals surface area contributed by atoms with Gasteiger partial charge in [-0.05, 0) is 69.4 Å². The molecule has 3 aromatic rings. The number of carbonyl (C=O) groups excluding carboxylic acids is 2. The van der Waals surface area contributed by atoms with Crippen molar-refractivity contribution >= 4 is 35.2 Å². The van der Waals surface area contributed by atoms with Crippen molar-refractivity contribution in [1.82, 2.24) is 19.7 Å². The standard InChI is InChI=1S/C31H38N6O4S/c1-4-19-42-31-34-30-32-21(3)27(29(39)33-24-11-7-8-12-25(24)40-5-2)28(37(30)35-31)22-13-15-23(16-14-22)41-20-26(38)36-17-9-6-10-18-36/h7-8,11-16,28H,4-6,9-10,17-20H2,1-3H3,(H,33,39)(H,32,34,35). The molecule has 2 aromatic carbocycles. The highest BCUT2D eigenvalue weighted by atomic mass is 32.2. The highest BCUT2D eigenvalue weighted by Crippen LogP contribution is 2.38. The number of thioether (sulfide) groups is 1. The highest BCUT2D eigenvalue weighted by molar-refractivity contribution is 7.99. The first-order chi connectivity index (χ1) is 20.5. The van der Waals surface area contributed by atoms with E-state index >= 15 is 0 Å². The SMILES string of the molecule is CCCSc1nc2n(n1)C(c1ccc(OCC(=O)N3CCCCC3)cc1)C(C(=O)Nc1ccccc1OCC)=C(C)N2. The molecule has 2 amide bonds. The monoisotopic (exact) mass is 590 g/mol. The van der Waals surface area contributed by atoms with Crippen molar-refractivity contribution in [3.05, 3.63) is 65.4 Å².